The molecule has 0 unspecified atom stereocenters. The maximum absolute atomic E-state index is 8.97. The largest absolute Gasteiger partial charge is 0.491 e. The molecule has 0 amide bonds. The highest BCUT2D eigenvalue weighted by atomic mass is 16.5. The van der Waals surface area contributed by atoms with E-state index in [2.05, 4.69) is 23.5 Å². The van der Waals surface area contributed by atoms with Crippen LogP contribution in [0.2, 0.25) is 0 Å². The van der Waals surface area contributed by atoms with E-state index < -0.39 is 0 Å². The van der Waals surface area contributed by atoms with E-state index in [1.54, 1.807) is 0 Å². The lowest BCUT2D eigenvalue weighted by Crippen LogP contribution is -2.22. The van der Waals surface area contributed by atoms with E-state index in [0.717, 1.165) is 31.7 Å². The molecule has 0 saturated heterocycles. The molecule has 0 heterocycles. The fourth-order valence-corrected chi connectivity index (χ4v) is 1.88. The van der Waals surface area contributed by atoms with Crippen LogP contribution < -0.4 is 10.1 Å². The lowest BCUT2D eigenvalue weighted by Gasteiger charge is -2.11. The summed E-state index contributed by atoms with van der Waals surface area (Å²) in [7, 11) is 0. The summed E-state index contributed by atoms with van der Waals surface area (Å²) in [5.41, 5.74) is 1.15. The molecule has 0 radical (unpaired) electrons. The van der Waals surface area contributed by atoms with Crippen molar-refractivity contribution in [3.05, 3.63) is 29.8 Å². The van der Waals surface area contributed by atoms with E-state index in [4.69, 9.17) is 10.00 Å². The van der Waals surface area contributed by atoms with Gasteiger partial charge in [0.05, 0.1) is 17.6 Å². The molecule has 0 aliphatic heterocycles. The van der Waals surface area contributed by atoms with Crippen molar-refractivity contribution in [2.75, 3.05) is 6.54 Å². The Balaban J connectivity index is 1.78. The molecule has 0 spiro atoms. The van der Waals surface area contributed by atoms with Gasteiger partial charge in [0.15, 0.2) is 0 Å². The second-order valence-electron chi connectivity index (χ2n) is 5.31. The molecular formula is C15H20N2O. The molecule has 1 aliphatic carbocycles. The SMILES string of the molecule is CC(C)Oc1ccc(CNCC2(C#N)CC2)cc1. The summed E-state index contributed by atoms with van der Waals surface area (Å²) < 4.78 is 5.59. The van der Waals surface area contributed by atoms with Crippen LogP contribution in [0, 0.1) is 16.7 Å². The minimum absolute atomic E-state index is 0.0688. The van der Waals surface area contributed by atoms with Crippen molar-refractivity contribution in [2.45, 2.75) is 39.3 Å². The Labute approximate surface area is 109 Å². The van der Waals surface area contributed by atoms with Gasteiger partial charge < -0.3 is 10.1 Å². The van der Waals surface area contributed by atoms with Crippen LogP contribution in [0.3, 0.4) is 0 Å². The molecule has 18 heavy (non-hydrogen) atoms. The molecule has 1 aliphatic rings. The number of ether oxygens (including phenoxy) is 1. The average Bonchev–Trinajstić information content (AvgIpc) is 3.11. The normalized spacial score (nSPS) is 16.3. The molecule has 2 rings (SSSR count). The zero-order valence-electron chi connectivity index (χ0n) is 11.1. The number of nitriles is 1. The molecule has 1 N–H and O–H groups in total. The minimum Gasteiger partial charge on any atom is -0.491 e. The molecule has 1 fully saturated rings. The first kappa shape index (κ1) is 12.9. The first-order valence-corrected chi connectivity index (χ1v) is 6.51. The van der Waals surface area contributed by atoms with Crippen molar-refractivity contribution in [3.63, 3.8) is 0 Å². The second kappa shape index (κ2) is 5.41. The third kappa shape index (κ3) is 3.48. The molecular weight excluding hydrogens is 224 g/mol. The molecule has 3 heteroatoms. The Morgan fingerprint density at radius 3 is 2.50 bits per heavy atom. The van der Waals surface area contributed by atoms with E-state index in [9.17, 15) is 0 Å². The number of nitrogens with one attached hydrogen (secondary N) is 1. The summed E-state index contributed by atoms with van der Waals surface area (Å²) in [6.45, 7) is 5.65. The van der Waals surface area contributed by atoms with E-state index in [1.165, 1.54) is 5.56 Å². The molecule has 0 bridgehead atoms. The maximum Gasteiger partial charge on any atom is 0.119 e. The topological polar surface area (TPSA) is 45.0 Å². The zero-order valence-corrected chi connectivity index (χ0v) is 11.1. The molecule has 0 aromatic heterocycles. The minimum atomic E-state index is -0.0688. The van der Waals surface area contributed by atoms with Gasteiger partial charge in [0.1, 0.15) is 5.75 Å². The van der Waals surface area contributed by atoms with Crippen LogP contribution >= 0.6 is 0 Å². The van der Waals surface area contributed by atoms with Gasteiger partial charge in [0, 0.05) is 13.1 Å². The number of rotatable bonds is 6. The van der Waals surface area contributed by atoms with Gasteiger partial charge in [-0.1, -0.05) is 12.1 Å². The van der Waals surface area contributed by atoms with Gasteiger partial charge in [0.25, 0.3) is 0 Å². The number of hydrogen-bond acceptors (Lipinski definition) is 3. The van der Waals surface area contributed by atoms with Crippen LogP contribution in [0.4, 0.5) is 0 Å². The molecule has 1 aromatic carbocycles. The molecule has 0 atom stereocenters. The summed E-state index contributed by atoms with van der Waals surface area (Å²) in [6, 6.07) is 10.5. The van der Waals surface area contributed by atoms with Crippen molar-refractivity contribution in [1.82, 2.24) is 5.32 Å². The van der Waals surface area contributed by atoms with Crippen molar-refractivity contribution in [3.8, 4) is 11.8 Å². The Hall–Kier alpha value is -1.53. The lowest BCUT2D eigenvalue weighted by atomic mass is 10.1. The first-order valence-electron chi connectivity index (χ1n) is 6.51. The maximum atomic E-state index is 8.97. The fourth-order valence-electron chi connectivity index (χ4n) is 1.88. The van der Waals surface area contributed by atoms with Crippen LogP contribution in [0.1, 0.15) is 32.3 Å². The monoisotopic (exact) mass is 244 g/mol. The second-order valence-corrected chi connectivity index (χ2v) is 5.31. The van der Waals surface area contributed by atoms with Crippen molar-refractivity contribution >= 4 is 0 Å². The smallest absolute Gasteiger partial charge is 0.119 e. The van der Waals surface area contributed by atoms with E-state index in [-0.39, 0.29) is 11.5 Å². The molecule has 96 valence electrons. The molecule has 1 aromatic rings. The van der Waals surface area contributed by atoms with Gasteiger partial charge in [-0.3, -0.25) is 0 Å². The summed E-state index contributed by atoms with van der Waals surface area (Å²) in [4.78, 5) is 0. The summed E-state index contributed by atoms with van der Waals surface area (Å²) in [5.74, 6) is 0.907. The Morgan fingerprint density at radius 2 is 2.00 bits per heavy atom. The average molecular weight is 244 g/mol. The Bertz CT molecular complexity index is 427. The predicted octanol–water partition coefficient (Wildman–Crippen LogP) is 2.87. The standard InChI is InChI=1S/C15H20N2O/c1-12(2)18-14-5-3-13(4-6-14)9-17-11-15(10-16)7-8-15/h3-6,12,17H,7-9,11H2,1-2H3. The third-order valence-electron chi connectivity index (χ3n) is 3.18. The third-order valence-corrected chi connectivity index (χ3v) is 3.18. The summed E-state index contributed by atoms with van der Waals surface area (Å²) >= 11 is 0. The fraction of sp³-hybridized carbons (Fsp3) is 0.533. The van der Waals surface area contributed by atoms with Crippen molar-refractivity contribution in [2.24, 2.45) is 5.41 Å². The van der Waals surface area contributed by atoms with Gasteiger partial charge in [-0.15, -0.1) is 0 Å². The van der Waals surface area contributed by atoms with Crippen LogP contribution in [-0.2, 0) is 6.54 Å². The van der Waals surface area contributed by atoms with Gasteiger partial charge in [0.2, 0.25) is 0 Å². The Morgan fingerprint density at radius 1 is 1.33 bits per heavy atom. The zero-order chi connectivity index (χ0) is 13.0. The first-order chi connectivity index (χ1) is 8.63. The van der Waals surface area contributed by atoms with Gasteiger partial charge in [-0.05, 0) is 44.4 Å². The van der Waals surface area contributed by atoms with E-state index in [0.29, 0.717) is 0 Å². The van der Waals surface area contributed by atoms with Crippen LogP contribution in [-0.4, -0.2) is 12.6 Å². The van der Waals surface area contributed by atoms with Gasteiger partial charge >= 0.3 is 0 Å². The molecule has 1 saturated carbocycles. The van der Waals surface area contributed by atoms with Crippen LogP contribution in [0.25, 0.3) is 0 Å². The highest BCUT2D eigenvalue weighted by Gasteiger charge is 2.42. The summed E-state index contributed by atoms with van der Waals surface area (Å²) in [5, 5.41) is 12.3. The predicted molar refractivity (Wildman–Crippen MR) is 71.2 cm³/mol. The highest BCUT2D eigenvalue weighted by Crippen LogP contribution is 2.44. The van der Waals surface area contributed by atoms with E-state index in [1.807, 2.05) is 26.0 Å². The van der Waals surface area contributed by atoms with Crippen LogP contribution in [0.15, 0.2) is 24.3 Å². The quantitative estimate of drug-likeness (QED) is 0.837. The van der Waals surface area contributed by atoms with Gasteiger partial charge in [-0.25, -0.2) is 0 Å². The van der Waals surface area contributed by atoms with Gasteiger partial charge in [-0.2, -0.15) is 5.26 Å². The number of nitrogens with zero attached hydrogens (tertiary/aromatic N) is 1. The highest BCUT2D eigenvalue weighted by molar-refractivity contribution is 5.27. The molecule has 3 nitrogen and oxygen atoms in total. The number of benzene rings is 1. The number of hydrogen-bond donors (Lipinski definition) is 1. The van der Waals surface area contributed by atoms with Crippen molar-refractivity contribution < 1.29 is 4.74 Å². The Kier molecular flexibility index (Phi) is 3.88. The van der Waals surface area contributed by atoms with Crippen molar-refractivity contribution in [1.29, 1.82) is 5.26 Å². The van der Waals surface area contributed by atoms with E-state index >= 15 is 0 Å². The lowest BCUT2D eigenvalue weighted by molar-refractivity contribution is 0.242. The summed E-state index contributed by atoms with van der Waals surface area (Å²) in [6.07, 6.45) is 2.29. The van der Waals surface area contributed by atoms with Crippen LogP contribution in [0.5, 0.6) is 5.75 Å².